The van der Waals surface area contributed by atoms with Crippen molar-refractivity contribution in [3.8, 4) is 5.75 Å². The standard InChI is InChI=1S/C24H22N2O2S/c1-16-8-11-19(12-9-16)29-23-20-13-10-18(28-2)14-21(20)26-22(23)24(27)25-15-17-6-4-3-5-7-17/h3-14,26H,15H2,1-2H3,(H,25,27). The minimum absolute atomic E-state index is 0.126. The number of benzene rings is 3. The molecule has 0 atom stereocenters. The van der Waals surface area contributed by atoms with Gasteiger partial charge in [0.25, 0.3) is 5.91 Å². The SMILES string of the molecule is COc1ccc2c(Sc3ccc(C)cc3)c(C(=O)NCc3ccccc3)[nH]c2c1. The summed E-state index contributed by atoms with van der Waals surface area (Å²) in [5.74, 6) is 0.625. The van der Waals surface area contributed by atoms with Gasteiger partial charge in [0, 0.05) is 22.9 Å². The highest BCUT2D eigenvalue weighted by atomic mass is 32.2. The molecule has 29 heavy (non-hydrogen) atoms. The predicted octanol–water partition coefficient (Wildman–Crippen LogP) is 5.57. The Balaban J connectivity index is 1.68. The quantitative estimate of drug-likeness (QED) is 0.443. The summed E-state index contributed by atoms with van der Waals surface area (Å²) in [4.78, 5) is 18.3. The number of rotatable bonds is 6. The Morgan fingerprint density at radius 2 is 1.79 bits per heavy atom. The van der Waals surface area contributed by atoms with Crippen molar-refractivity contribution < 1.29 is 9.53 Å². The number of fused-ring (bicyclic) bond motifs is 1. The highest BCUT2D eigenvalue weighted by molar-refractivity contribution is 7.99. The lowest BCUT2D eigenvalue weighted by Crippen LogP contribution is -2.23. The molecule has 0 radical (unpaired) electrons. The fourth-order valence-corrected chi connectivity index (χ4v) is 4.18. The van der Waals surface area contributed by atoms with Crippen molar-refractivity contribution in [2.45, 2.75) is 23.3 Å². The van der Waals surface area contributed by atoms with E-state index in [0.29, 0.717) is 12.2 Å². The number of aromatic amines is 1. The molecule has 4 rings (SSSR count). The molecule has 1 heterocycles. The molecule has 4 aromatic rings. The summed E-state index contributed by atoms with van der Waals surface area (Å²) >= 11 is 1.59. The van der Waals surface area contributed by atoms with Crippen LogP contribution in [-0.4, -0.2) is 18.0 Å². The molecule has 0 fully saturated rings. The summed E-state index contributed by atoms with van der Waals surface area (Å²) in [5.41, 5.74) is 3.71. The topological polar surface area (TPSA) is 54.1 Å². The van der Waals surface area contributed by atoms with Crippen molar-refractivity contribution in [1.82, 2.24) is 10.3 Å². The maximum absolute atomic E-state index is 13.0. The van der Waals surface area contributed by atoms with Crippen molar-refractivity contribution in [2.24, 2.45) is 0 Å². The number of hydrogen-bond donors (Lipinski definition) is 2. The summed E-state index contributed by atoms with van der Waals surface area (Å²) in [5, 5.41) is 4.03. The lowest BCUT2D eigenvalue weighted by molar-refractivity contribution is 0.0944. The first-order chi connectivity index (χ1) is 14.1. The van der Waals surface area contributed by atoms with Gasteiger partial charge < -0.3 is 15.0 Å². The van der Waals surface area contributed by atoms with Crippen LogP contribution in [0.15, 0.2) is 82.6 Å². The molecule has 1 amide bonds. The maximum atomic E-state index is 13.0. The van der Waals surface area contributed by atoms with Crippen LogP contribution in [0, 0.1) is 6.92 Å². The zero-order chi connectivity index (χ0) is 20.2. The monoisotopic (exact) mass is 402 g/mol. The number of H-pyrrole nitrogens is 1. The van der Waals surface area contributed by atoms with Crippen molar-refractivity contribution >= 4 is 28.6 Å². The summed E-state index contributed by atoms with van der Waals surface area (Å²) in [7, 11) is 1.64. The third kappa shape index (κ3) is 4.30. The lowest BCUT2D eigenvalue weighted by atomic mass is 10.2. The van der Waals surface area contributed by atoms with Crippen LogP contribution in [0.1, 0.15) is 21.6 Å². The molecule has 5 heteroatoms. The molecular weight excluding hydrogens is 380 g/mol. The van der Waals surface area contributed by atoms with Gasteiger partial charge in [-0.25, -0.2) is 0 Å². The number of carbonyl (C=O) groups is 1. The molecule has 0 bridgehead atoms. The van der Waals surface area contributed by atoms with Crippen LogP contribution in [0.25, 0.3) is 10.9 Å². The average molecular weight is 403 g/mol. The van der Waals surface area contributed by atoms with E-state index >= 15 is 0 Å². The summed E-state index contributed by atoms with van der Waals surface area (Å²) < 4.78 is 5.34. The van der Waals surface area contributed by atoms with Crippen LogP contribution in [-0.2, 0) is 6.54 Å². The molecule has 146 valence electrons. The lowest BCUT2D eigenvalue weighted by Gasteiger charge is -2.07. The fourth-order valence-electron chi connectivity index (χ4n) is 3.13. The van der Waals surface area contributed by atoms with Crippen LogP contribution in [0.3, 0.4) is 0 Å². The highest BCUT2D eigenvalue weighted by Gasteiger charge is 2.19. The van der Waals surface area contributed by atoms with Gasteiger partial charge in [0.15, 0.2) is 0 Å². The molecule has 3 aromatic carbocycles. The second kappa shape index (κ2) is 8.45. The van der Waals surface area contributed by atoms with Gasteiger partial charge in [-0.1, -0.05) is 59.8 Å². The van der Waals surface area contributed by atoms with Crippen LogP contribution < -0.4 is 10.1 Å². The summed E-state index contributed by atoms with van der Waals surface area (Å²) in [6.07, 6.45) is 0. The zero-order valence-electron chi connectivity index (χ0n) is 16.4. The predicted molar refractivity (Wildman–Crippen MR) is 118 cm³/mol. The van der Waals surface area contributed by atoms with Gasteiger partial charge in [0.2, 0.25) is 0 Å². The number of methoxy groups -OCH3 is 1. The van der Waals surface area contributed by atoms with Crippen LogP contribution in [0.4, 0.5) is 0 Å². The Kier molecular flexibility index (Phi) is 5.58. The first-order valence-electron chi connectivity index (χ1n) is 9.40. The first-order valence-corrected chi connectivity index (χ1v) is 10.2. The van der Waals surface area contributed by atoms with Gasteiger partial charge in [-0.05, 0) is 36.8 Å². The van der Waals surface area contributed by atoms with Crippen molar-refractivity contribution in [2.75, 3.05) is 7.11 Å². The largest absolute Gasteiger partial charge is 0.497 e. The number of amides is 1. The van der Waals surface area contributed by atoms with Crippen molar-refractivity contribution in [1.29, 1.82) is 0 Å². The summed E-state index contributed by atoms with van der Waals surface area (Å²) in [6, 6.07) is 24.0. The fraction of sp³-hybridized carbons (Fsp3) is 0.125. The number of carbonyl (C=O) groups excluding carboxylic acids is 1. The first kappa shape index (κ1) is 19.2. The molecular formula is C24H22N2O2S. The molecule has 0 aliphatic rings. The minimum Gasteiger partial charge on any atom is -0.497 e. The third-order valence-corrected chi connectivity index (χ3v) is 5.86. The zero-order valence-corrected chi connectivity index (χ0v) is 17.2. The Hall–Kier alpha value is -3.18. The Bertz CT molecular complexity index is 1130. The van der Waals surface area contributed by atoms with E-state index < -0.39 is 0 Å². The van der Waals surface area contributed by atoms with E-state index in [1.807, 2.05) is 48.5 Å². The average Bonchev–Trinajstić information content (AvgIpc) is 3.12. The van der Waals surface area contributed by atoms with E-state index in [4.69, 9.17) is 4.74 Å². The molecule has 0 unspecified atom stereocenters. The Labute approximate surface area is 174 Å². The van der Waals surface area contributed by atoms with E-state index in [1.54, 1.807) is 18.9 Å². The molecule has 0 saturated carbocycles. The minimum atomic E-state index is -0.126. The van der Waals surface area contributed by atoms with Crippen molar-refractivity contribution in [3.05, 3.63) is 89.6 Å². The van der Waals surface area contributed by atoms with E-state index in [0.717, 1.165) is 32.0 Å². The van der Waals surface area contributed by atoms with E-state index in [9.17, 15) is 4.79 Å². The smallest absolute Gasteiger partial charge is 0.269 e. The highest BCUT2D eigenvalue weighted by Crippen LogP contribution is 2.38. The Morgan fingerprint density at radius 1 is 1.03 bits per heavy atom. The molecule has 1 aromatic heterocycles. The molecule has 0 aliphatic carbocycles. The Morgan fingerprint density at radius 3 is 2.52 bits per heavy atom. The van der Waals surface area contributed by atoms with Gasteiger partial charge in [0.05, 0.1) is 17.5 Å². The van der Waals surface area contributed by atoms with E-state index in [-0.39, 0.29) is 5.91 Å². The van der Waals surface area contributed by atoms with Gasteiger partial charge in [-0.2, -0.15) is 0 Å². The van der Waals surface area contributed by atoms with Gasteiger partial charge in [0.1, 0.15) is 11.4 Å². The van der Waals surface area contributed by atoms with Gasteiger partial charge >= 0.3 is 0 Å². The molecule has 0 saturated heterocycles. The van der Waals surface area contributed by atoms with Crippen LogP contribution >= 0.6 is 11.8 Å². The maximum Gasteiger partial charge on any atom is 0.269 e. The van der Waals surface area contributed by atoms with E-state index in [1.165, 1.54) is 5.56 Å². The molecule has 0 aliphatic heterocycles. The number of aromatic nitrogens is 1. The number of ether oxygens (including phenoxy) is 1. The molecule has 0 spiro atoms. The van der Waals surface area contributed by atoms with Gasteiger partial charge in [-0.3, -0.25) is 4.79 Å². The molecule has 4 nitrogen and oxygen atoms in total. The number of aryl methyl sites for hydroxylation is 1. The summed E-state index contributed by atoms with van der Waals surface area (Å²) in [6.45, 7) is 2.54. The number of nitrogens with one attached hydrogen (secondary N) is 2. The molecule has 2 N–H and O–H groups in total. The van der Waals surface area contributed by atoms with E-state index in [2.05, 4.69) is 41.5 Å². The van der Waals surface area contributed by atoms with Gasteiger partial charge in [-0.15, -0.1) is 0 Å². The van der Waals surface area contributed by atoms with Crippen LogP contribution in [0.5, 0.6) is 5.75 Å². The second-order valence-electron chi connectivity index (χ2n) is 6.82. The third-order valence-electron chi connectivity index (χ3n) is 4.72. The number of hydrogen-bond acceptors (Lipinski definition) is 3. The van der Waals surface area contributed by atoms with Crippen molar-refractivity contribution in [3.63, 3.8) is 0 Å². The normalized spacial score (nSPS) is 10.8. The van der Waals surface area contributed by atoms with Crippen LogP contribution in [0.2, 0.25) is 0 Å². The second-order valence-corrected chi connectivity index (χ2v) is 7.91.